The average Bonchev–Trinajstić information content (AvgIpc) is 3.12. The number of nitrogens with one attached hydrogen (secondary N) is 1. The predicted octanol–water partition coefficient (Wildman–Crippen LogP) is 1.70. The second-order valence-electron chi connectivity index (χ2n) is 6.81. The van der Waals surface area contributed by atoms with E-state index in [1.54, 1.807) is 0 Å². The summed E-state index contributed by atoms with van der Waals surface area (Å²) in [7, 11) is 0. The van der Waals surface area contributed by atoms with Crippen LogP contribution in [0.1, 0.15) is 32.6 Å². The monoisotopic (exact) mass is 319 g/mol. The van der Waals surface area contributed by atoms with Crippen LogP contribution in [0.3, 0.4) is 0 Å². The first-order chi connectivity index (χ1) is 10.9. The van der Waals surface area contributed by atoms with Gasteiger partial charge in [0.25, 0.3) is 11.2 Å². The van der Waals surface area contributed by atoms with Crippen LogP contribution in [0.5, 0.6) is 0 Å². The van der Waals surface area contributed by atoms with Crippen molar-refractivity contribution in [2.75, 3.05) is 0 Å². The number of nitrogens with zero attached hydrogens (tertiary/aromatic N) is 2. The molecule has 2 fully saturated rings. The van der Waals surface area contributed by atoms with Gasteiger partial charge in [0.05, 0.1) is 11.1 Å². The number of aromatic nitrogens is 1. The predicted molar refractivity (Wildman–Crippen MR) is 83.9 cm³/mol. The Balaban J connectivity index is 1.62. The molecule has 1 aromatic heterocycles. The SMILES string of the molecule is CC(NC(=O)Cn1cc([N+](=O)[O-])ccc1=O)C1CC2CCC1C2. The molecule has 1 heterocycles. The molecule has 7 nitrogen and oxygen atoms in total. The van der Waals surface area contributed by atoms with E-state index in [1.165, 1.54) is 25.7 Å². The Hall–Kier alpha value is -2.18. The molecule has 0 aliphatic heterocycles. The van der Waals surface area contributed by atoms with Crippen molar-refractivity contribution in [1.29, 1.82) is 0 Å². The summed E-state index contributed by atoms with van der Waals surface area (Å²) in [5.41, 5.74) is -0.614. The van der Waals surface area contributed by atoms with Gasteiger partial charge < -0.3 is 5.32 Å². The number of carbonyl (C=O) groups excluding carboxylic acids is 1. The molecule has 0 radical (unpaired) electrons. The molecule has 23 heavy (non-hydrogen) atoms. The molecular formula is C16H21N3O4. The Kier molecular flexibility index (Phi) is 4.19. The summed E-state index contributed by atoms with van der Waals surface area (Å²) in [5.74, 6) is 1.75. The Morgan fingerprint density at radius 3 is 2.83 bits per heavy atom. The summed E-state index contributed by atoms with van der Waals surface area (Å²) in [4.78, 5) is 34.1. The Bertz CT molecular complexity index is 684. The minimum absolute atomic E-state index is 0.0761. The molecular weight excluding hydrogens is 298 g/mol. The van der Waals surface area contributed by atoms with E-state index in [0.717, 1.165) is 28.8 Å². The molecule has 2 aliphatic rings. The van der Waals surface area contributed by atoms with Gasteiger partial charge in [0.1, 0.15) is 6.54 Å². The zero-order chi connectivity index (χ0) is 16.6. The standard InChI is InChI=1S/C16H21N3O4/c1-10(14-7-11-2-3-12(14)6-11)17-15(20)9-18-8-13(19(22)23)4-5-16(18)21/h4-5,8,10-12,14H,2-3,6-7,9H2,1H3,(H,17,20). The van der Waals surface area contributed by atoms with E-state index >= 15 is 0 Å². The largest absolute Gasteiger partial charge is 0.352 e. The minimum atomic E-state index is -0.578. The smallest absolute Gasteiger partial charge is 0.285 e. The lowest BCUT2D eigenvalue weighted by atomic mass is 9.84. The van der Waals surface area contributed by atoms with Crippen molar-refractivity contribution in [3.63, 3.8) is 0 Å². The van der Waals surface area contributed by atoms with Crippen molar-refractivity contribution < 1.29 is 9.72 Å². The molecule has 2 aliphatic carbocycles. The fraction of sp³-hybridized carbons (Fsp3) is 0.625. The molecule has 0 aromatic carbocycles. The molecule has 1 N–H and O–H groups in total. The number of carbonyl (C=O) groups is 1. The third kappa shape index (κ3) is 3.28. The van der Waals surface area contributed by atoms with E-state index in [0.29, 0.717) is 11.8 Å². The third-order valence-corrected chi connectivity index (χ3v) is 5.32. The van der Waals surface area contributed by atoms with Crippen LogP contribution in [-0.4, -0.2) is 21.4 Å². The number of hydrogen-bond donors (Lipinski definition) is 1. The van der Waals surface area contributed by atoms with Crippen LogP contribution in [0.25, 0.3) is 0 Å². The fourth-order valence-corrected chi connectivity index (χ4v) is 4.22. The van der Waals surface area contributed by atoms with E-state index in [9.17, 15) is 19.7 Å². The first kappa shape index (κ1) is 15.7. The summed E-state index contributed by atoms with van der Waals surface area (Å²) in [6.07, 6.45) is 6.12. The topological polar surface area (TPSA) is 94.2 Å². The van der Waals surface area contributed by atoms with Gasteiger partial charge >= 0.3 is 0 Å². The van der Waals surface area contributed by atoms with E-state index in [2.05, 4.69) is 5.32 Å². The highest BCUT2D eigenvalue weighted by molar-refractivity contribution is 5.76. The maximum absolute atomic E-state index is 12.2. The first-order valence-corrected chi connectivity index (χ1v) is 8.08. The van der Waals surface area contributed by atoms with Gasteiger partial charge in [-0.3, -0.25) is 24.3 Å². The van der Waals surface area contributed by atoms with Gasteiger partial charge in [-0.05, 0) is 43.9 Å². The molecule has 2 saturated carbocycles. The highest BCUT2D eigenvalue weighted by Crippen LogP contribution is 2.49. The molecule has 1 amide bonds. The van der Waals surface area contributed by atoms with Crippen molar-refractivity contribution in [3.05, 3.63) is 38.8 Å². The second-order valence-corrected chi connectivity index (χ2v) is 6.81. The molecule has 0 saturated heterocycles. The number of pyridine rings is 1. The normalized spacial score (nSPS) is 26.9. The average molecular weight is 319 g/mol. The van der Waals surface area contributed by atoms with Gasteiger partial charge in [-0.15, -0.1) is 0 Å². The third-order valence-electron chi connectivity index (χ3n) is 5.32. The number of amides is 1. The summed E-state index contributed by atoms with van der Waals surface area (Å²) in [5, 5.41) is 13.7. The molecule has 7 heteroatoms. The lowest BCUT2D eigenvalue weighted by molar-refractivity contribution is -0.385. The Labute approximate surface area is 133 Å². The quantitative estimate of drug-likeness (QED) is 0.660. The van der Waals surface area contributed by atoms with E-state index in [4.69, 9.17) is 0 Å². The van der Waals surface area contributed by atoms with E-state index in [-0.39, 0.29) is 24.2 Å². The van der Waals surface area contributed by atoms with Gasteiger partial charge in [0, 0.05) is 18.2 Å². The van der Waals surface area contributed by atoms with Crippen molar-refractivity contribution >= 4 is 11.6 Å². The maximum atomic E-state index is 12.2. The van der Waals surface area contributed by atoms with Gasteiger partial charge in [0.2, 0.25) is 5.91 Å². The van der Waals surface area contributed by atoms with Crippen molar-refractivity contribution in [3.8, 4) is 0 Å². The second kappa shape index (κ2) is 6.14. The number of rotatable bonds is 5. The number of nitro groups is 1. The van der Waals surface area contributed by atoms with E-state index < -0.39 is 10.5 Å². The van der Waals surface area contributed by atoms with Crippen LogP contribution in [-0.2, 0) is 11.3 Å². The first-order valence-electron chi connectivity index (χ1n) is 8.08. The van der Waals surface area contributed by atoms with Gasteiger partial charge in [-0.25, -0.2) is 0 Å². The molecule has 4 unspecified atom stereocenters. The highest BCUT2D eigenvalue weighted by Gasteiger charge is 2.42. The van der Waals surface area contributed by atoms with E-state index in [1.807, 2.05) is 6.92 Å². The molecule has 3 rings (SSSR count). The Morgan fingerprint density at radius 2 is 2.22 bits per heavy atom. The number of fused-ring (bicyclic) bond motifs is 2. The van der Waals surface area contributed by atoms with Crippen LogP contribution < -0.4 is 10.9 Å². The fourth-order valence-electron chi connectivity index (χ4n) is 4.22. The van der Waals surface area contributed by atoms with Crippen LogP contribution in [0.4, 0.5) is 5.69 Å². The maximum Gasteiger partial charge on any atom is 0.285 e. The van der Waals surface area contributed by atoms with Crippen molar-refractivity contribution in [2.45, 2.75) is 45.2 Å². The molecule has 1 aromatic rings. The van der Waals surface area contributed by atoms with Crippen LogP contribution in [0.15, 0.2) is 23.1 Å². The Morgan fingerprint density at radius 1 is 1.43 bits per heavy atom. The van der Waals surface area contributed by atoms with Crippen LogP contribution in [0, 0.1) is 27.9 Å². The molecule has 2 bridgehead atoms. The summed E-state index contributed by atoms with van der Waals surface area (Å²) in [6, 6.07) is 2.34. The lowest BCUT2D eigenvalue weighted by Crippen LogP contribution is -2.42. The molecule has 0 spiro atoms. The summed E-state index contributed by atoms with van der Waals surface area (Å²) in [6.45, 7) is 1.82. The van der Waals surface area contributed by atoms with Crippen molar-refractivity contribution in [1.82, 2.24) is 9.88 Å². The molecule has 4 atom stereocenters. The van der Waals surface area contributed by atoms with Gasteiger partial charge in [0.15, 0.2) is 0 Å². The summed E-state index contributed by atoms with van der Waals surface area (Å²) >= 11 is 0. The number of hydrogen-bond acceptors (Lipinski definition) is 4. The lowest BCUT2D eigenvalue weighted by Gasteiger charge is -2.28. The highest BCUT2D eigenvalue weighted by atomic mass is 16.6. The van der Waals surface area contributed by atoms with Crippen molar-refractivity contribution in [2.24, 2.45) is 17.8 Å². The zero-order valence-electron chi connectivity index (χ0n) is 13.1. The van der Waals surface area contributed by atoms with Gasteiger partial charge in [-0.2, -0.15) is 0 Å². The summed E-state index contributed by atoms with van der Waals surface area (Å²) < 4.78 is 1.08. The minimum Gasteiger partial charge on any atom is -0.352 e. The zero-order valence-corrected chi connectivity index (χ0v) is 13.1. The van der Waals surface area contributed by atoms with Gasteiger partial charge in [-0.1, -0.05) is 6.42 Å². The molecule has 124 valence electrons. The van der Waals surface area contributed by atoms with Crippen LogP contribution in [0.2, 0.25) is 0 Å². The van der Waals surface area contributed by atoms with Crippen LogP contribution >= 0.6 is 0 Å².